The standard InChI is InChI=1S/C13H26N4/c1-9(2)7-15-13(17-14)16-8-12-6-10-3-4-11(12)5-10/h9-12H,3-8,14H2,1-2H3,(H2,15,16,17). The molecule has 0 radical (unpaired) electrons. The van der Waals surface area contributed by atoms with Crippen molar-refractivity contribution in [3.8, 4) is 0 Å². The maximum atomic E-state index is 5.48. The molecule has 2 bridgehead atoms. The third-order valence-electron chi connectivity index (χ3n) is 4.17. The molecule has 17 heavy (non-hydrogen) atoms. The SMILES string of the molecule is CC(C)CN=C(NN)NCC1CC2CCC1C2. The molecule has 2 aliphatic carbocycles. The predicted octanol–water partition coefficient (Wildman–Crippen LogP) is 1.49. The van der Waals surface area contributed by atoms with Crippen molar-refractivity contribution < 1.29 is 0 Å². The second-order valence-corrected chi connectivity index (χ2v) is 6.04. The molecule has 0 aromatic rings. The van der Waals surface area contributed by atoms with Crippen molar-refractivity contribution in [2.24, 2.45) is 34.5 Å². The van der Waals surface area contributed by atoms with E-state index in [0.717, 1.165) is 36.8 Å². The number of hydrogen-bond acceptors (Lipinski definition) is 2. The third kappa shape index (κ3) is 3.35. The van der Waals surface area contributed by atoms with Gasteiger partial charge in [-0.3, -0.25) is 10.4 Å². The molecule has 3 atom stereocenters. The summed E-state index contributed by atoms with van der Waals surface area (Å²) < 4.78 is 0. The van der Waals surface area contributed by atoms with Gasteiger partial charge >= 0.3 is 0 Å². The van der Waals surface area contributed by atoms with Crippen LogP contribution in [-0.2, 0) is 0 Å². The Hall–Kier alpha value is -0.770. The number of rotatable bonds is 4. The number of hydrazine groups is 1. The number of nitrogens with two attached hydrogens (primary N) is 1. The van der Waals surface area contributed by atoms with Gasteiger partial charge in [-0.2, -0.15) is 0 Å². The van der Waals surface area contributed by atoms with Gasteiger partial charge in [-0.15, -0.1) is 0 Å². The van der Waals surface area contributed by atoms with Crippen molar-refractivity contribution in [2.45, 2.75) is 39.5 Å². The van der Waals surface area contributed by atoms with Crippen LogP contribution in [0.3, 0.4) is 0 Å². The van der Waals surface area contributed by atoms with E-state index in [9.17, 15) is 0 Å². The average molecular weight is 238 g/mol. The first-order valence-electron chi connectivity index (χ1n) is 6.94. The van der Waals surface area contributed by atoms with Crippen LogP contribution in [0.15, 0.2) is 4.99 Å². The van der Waals surface area contributed by atoms with E-state index in [1.807, 2.05) is 0 Å². The molecule has 0 heterocycles. The zero-order valence-electron chi connectivity index (χ0n) is 11.1. The minimum atomic E-state index is 0.572. The van der Waals surface area contributed by atoms with Gasteiger partial charge in [0.15, 0.2) is 0 Å². The second-order valence-electron chi connectivity index (χ2n) is 6.04. The van der Waals surface area contributed by atoms with Gasteiger partial charge in [0.2, 0.25) is 5.96 Å². The van der Waals surface area contributed by atoms with Crippen molar-refractivity contribution in [1.82, 2.24) is 10.7 Å². The summed E-state index contributed by atoms with van der Waals surface area (Å²) in [6, 6.07) is 0. The van der Waals surface area contributed by atoms with Gasteiger partial charge in [0.25, 0.3) is 0 Å². The van der Waals surface area contributed by atoms with E-state index in [-0.39, 0.29) is 0 Å². The quantitative estimate of drug-likeness (QED) is 0.301. The molecule has 0 aliphatic heterocycles. The fraction of sp³-hybridized carbons (Fsp3) is 0.923. The molecule has 4 heteroatoms. The Balaban J connectivity index is 1.74. The van der Waals surface area contributed by atoms with Crippen LogP contribution in [0.1, 0.15) is 39.5 Å². The maximum absolute atomic E-state index is 5.48. The number of nitrogens with one attached hydrogen (secondary N) is 2. The minimum Gasteiger partial charge on any atom is -0.355 e. The van der Waals surface area contributed by atoms with Crippen molar-refractivity contribution in [3.63, 3.8) is 0 Å². The fourth-order valence-electron chi connectivity index (χ4n) is 3.28. The third-order valence-corrected chi connectivity index (χ3v) is 4.17. The Morgan fingerprint density at radius 3 is 2.71 bits per heavy atom. The number of guanidine groups is 1. The fourth-order valence-corrected chi connectivity index (χ4v) is 3.28. The van der Waals surface area contributed by atoms with Gasteiger partial charge in [-0.05, 0) is 42.9 Å². The lowest BCUT2D eigenvalue weighted by Gasteiger charge is -2.22. The average Bonchev–Trinajstić information content (AvgIpc) is 2.90. The van der Waals surface area contributed by atoms with Gasteiger partial charge in [0, 0.05) is 13.1 Å². The molecule has 0 spiro atoms. The molecular formula is C13H26N4. The van der Waals surface area contributed by atoms with Crippen molar-refractivity contribution in [2.75, 3.05) is 13.1 Å². The zero-order chi connectivity index (χ0) is 12.3. The minimum absolute atomic E-state index is 0.572. The first-order valence-corrected chi connectivity index (χ1v) is 6.94. The highest BCUT2D eigenvalue weighted by molar-refractivity contribution is 5.79. The van der Waals surface area contributed by atoms with Crippen molar-refractivity contribution in [1.29, 1.82) is 0 Å². The second kappa shape index (κ2) is 5.71. The van der Waals surface area contributed by atoms with Crippen LogP contribution in [0, 0.1) is 23.7 Å². The van der Waals surface area contributed by atoms with Gasteiger partial charge in [0.1, 0.15) is 0 Å². The molecule has 2 saturated carbocycles. The van der Waals surface area contributed by atoms with Crippen LogP contribution in [0.25, 0.3) is 0 Å². The van der Waals surface area contributed by atoms with E-state index in [0.29, 0.717) is 5.92 Å². The van der Waals surface area contributed by atoms with Gasteiger partial charge < -0.3 is 5.32 Å². The molecule has 2 rings (SSSR count). The monoisotopic (exact) mass is 238 g/mol. The smallest absolute Gasteiger partial charge is 0.205 e. The highest BCUT2D eigenvalue weighted by Crippen LogP contribution is 2.47. The summed E-state index contributed by atoms with van der Waals surface area (Å²) in [5.41, 5.74) is 2.66. The normalized spacial score (nSPS) is 32.2. The van der Waals surface area contributed by atoms with Crippen LogP contribution < -0.4 is 16.6 Å². The highest BCUT2D eigenvalue weighted by Gasteiger charge is 2.39. The summed E-state index contributed by atoms with van der Waals surface area (Å²) in [6.07, 6.45) is 5.76. The molecule has 0 aromatic carbocycles. The lowest BCUT2D eigenvalue weighted by Crippen LogP contribution is -2.44. The van der Waals surface area contributed by atoms with Crippen LogP contribution in [0.5, 0.6) is 0 Å². The molecule has 4 nitrogen and oxygen atoms in total. The molecule has 2 aliphatic rings. The number of hydrogen-bond donors (Lipinski definition) is 3. The Morgan fingerprint density at radius 1 is 1.35 bits per heavy atom. The van der Waals surface area contributed by atoms with E-state index in [1.165, 1.54) is 25.7 Å². The lowest BCUT2D eigenvalue weighted by atomic mass is 9.89. The van der Waals surface area contributed by atoms with Gasteiger partial charge in [-0.1, -0.05) is 20.3 Å². The van der Waals surface area contributed by atoms with Crippen molar-refractivity contribution >= 4 is 5.96 Å². The highest BCUT2D eigenvalue weighted by atomic mass is 15.3. The van der Waals surface area contributed by atoms with E-state index in [1.54, 1.807) is 0 Å². The topological polar surface area (TPSA) is 62.4 Å². The van der Waals surface area contributed by atoms with Crippen molar-refractivity contribution in [3.05, 3.63) is 0 Å². The molecular weight excluding hydrogens is 212 g/mol. The summed E-state index contributed by atoms with van der Waals surface area (Å²) in [6.45, 7) is 6.17. The summed E-state index contributed by atoms with van der Waals surface area (Å²) >= 11 is 0. The summed E-state index contributed by atoms with van der Waals surface area (Å²) in [4.78, 5) is 4.43. The number of aliphatic imine (C=N–C) groups is 1. The summed E-state index contributed by atoms with van der Waals surface area (Å²) in [5.74, 6) is 9.60. The first kappa shape index (κ1) is 12.7. The Labute approximate surface area is 104 Å². The largest absolute Gasteiger partial charge is 0.355 e. The number of fused-ring (bicyclic) bond motifs is 2. The Morgan fingerprint density at radius 2 is 2.18 bits per heavy atom. The lowest BCUT2D eigenvalue weighted by molar-refractivity contribution is 0.331. The van der Waals surface area contributed by atoms with Crippen LogP contribution in [0.4, 0.5) is 0 Å². The molecule has 4 N–H and O–H groups in total. The van der Waals surface area contributed by atoms with E-state index in [4.69, 9.17) is 5.84 Å². The summed E-state index contributed by atoms with van der Waals surface area (Å²) in [5, 5.41) is 3.37. The van der Waals surface area contributed by atoms with Gasteiger partial charge in [-0.25, -0.2) is 5.84 Å². The van der Waals surface area contributed by atoms with E-state index >= 15 is 0 Å². The zero-order valence-corrected chi connectivity index (χ0v) is 11.1. The maximum Gasteiger partial charge on any atom is 0.205 e. The molecule has 0 amide bonds. The molecule has 2 fully saturated rings. The van der Waals surface area contributed by atoms with Crippen LogP contribution >= 0.6 is 0 Å². The molecule has 0 aromatic heterocycles. The van der Waals surface area contributed by atoms with Crippen LogP contribution in [-0.4, -0.2) is 19.0 Å². The number of nitrogens with zero attached hydrogens (tertiary/aromatic N) is 1. The Kier molecular flexibility index (Phi) is 4.26. The molecule has 3 unspecified atom stereocenters. The van der Waals surface area contributed by atoms with Crippen LogP contribution in [0.2, 0.25) is 0 Å². The summed E-state index contributed by atoms with van der Waals surface area (Å²) in [7, 11) is 0. The predicted molar refractivity (Wildman–Crippen MR) is 71.4 cm³/mol. The Bertz CT molecular complexity index is 275. The first-order chi connectivity index (χ1) is 8.19. The molecule has 0 saturated heterocycles. The van der Waals surface area contributed by atoms with Gasteiger partial charge in [0.05, 0.1) is 0 Å². The molecule has 98 valence electrons. The van der Waals surface area contributed by atoms with E-state index in [2.05, 4.69) is 29.6 Å². The van der Waals surface area contributed by atoms with E-state index < -0.39 is 0 Å².